The summed E-state index contributed by atoms with van der Waals surface area (Å²) in [6, 6.07) is 12.8. The molecule has 6 nitrogen and oxygen atoms in total. The smallest absolute Gasteiger partial charge is 0.270 e. The van der Waals surface area contributed by atoms with Crippen LogP contribution in [-0.2, 0) is 0 Å². The Morgan fingerprint density at radius 2 is 1.67 bits per heavy atom. The largest absolute Gasteiger partial charge is 0.368 e. The second-order valence-corrected chi connectivity index (χ2v) is 5.52. The number of nitriles is 1. The fraction of sp³-hybridized carbons (Fsp3) is 0.235. The maximum atomic E-state index is 13.0. The van der Waals surface area contributed by atoms with Crippen molar-refractivity contribution in [3.8, 4) is 6.07 Å². The molecule has 0 amide bonds. The summed E-state index contributed by atoms with van der Waals surface area (Å²) in [6.45, 7) is 2.83. The Morgan fingerprint density at radius 1 is 1.04 bits per heavy atom. The topological polar surface area (TPSA) is 73.4 Å². The molecule has 1 heterocycles. The van der Waals surface area contributed by atoms with E-state index in [2.05, 4.69) is 4.90 Å². The van der Waals surface area contributed by atoms with Gasteiger partial charge in [0.05, 0.1) is 16.2 Å². The van der Waals surface area contributed by atoms with E-state index in [1.165, 1.54) is 24.3 Å². The van der Waals surface area contributed by atoms with E-state index < -0.39 is 4.92 Å². The summed E-state index contributed by atoms with van der Waals surface area (Å²) in [5.74, 6) is -0.262. The molecule has 0 aromatic heterocycles. The van der Waals surface area contributed by atoms with Gasteiger partial charge < -0.3 is 9.80 Å². The van der Waals surface area contributed by atoms with Crippen molar-refractivity contribution in [1.82, 2.24) is 0 Å². The minimum absolute atomic E-state index is 0.0831. The van der Waals surface area contributed by atoms with E-state index in [1.54, 1.807) is 18.2 Å². The Morgan fingerprint density at radius 3 is 2.25 bits per heavy atom. The fourth-order valence-electron chi connectivity index (χ4n) is 2.86. The minimum atomic E-state index is -0.503. The number of benzene rings is 2. The number of hydrogen-bond donors (Lipinski definition) is 0. The molecule has 1 saturated heterocycles. The third-order valence-corrected chi connectivity index (χ3v) is 4.12. The maximum absolute atomic E-state index is 13.0. The molecule has 0 atom stereocenters. The monoisotopic (exact) mass is 326 g/mol. The first kappa shape index (κ1) is 15.7. The van der Waals surface area contributed by atoms with Crippen LogP contribution in [0.3, 0.4) is 0 Å². The van der Waals surface area contributed by atoms with Crippen LogP contribution in [0, 0.1) is 27.3 Å². The van der Waals surface area contributed by atoms with Crippen LogP contribution < -0.4 is 9.80 Å². The molecule has 0 spiro atoms. The number of anilines is 2. The van der Waals surface area contributed by atoms with Gasteiger partial charge in [-0.05, 0) is 30.3 Å². The van der Waals surface area contributed by atoms with Gasteiger partial charge in [0.15, 0.2) is 0 Å². The molecular weight excluding hydrogens is 311 g/mol. The molecule has 122 valence electrons. The van der Waals surface area contributed by atoms with Crippen LogP contribution in [0.2, 0.25) is 0 Å². The molecule has 1 aliphatic rings. The zero-order valence-corrected chi connectivity index (χ0v) is 12.9. The number of piperazine rings is 1. The number of hydrogen-bond acceptors (Lipinski definition) is 5. The number of halogens is 1. The third-order valence-electron chi connectivity index (χ3n) is 4.12. The van der Waals surface area contributed by atoms with Gasteiger partial charge >= 0.3 is 0 Å². The summed E-state index contributed by atoms with van der Waals surface area (Å²) in [7, 11) is 0. The van der Waals surface area contributed by atoms with Crippen LogP contribution >= 0.6 is 0 Å². The van der Waals surface area contributed by atoms with Gasteiger partial charge in [0.2, 0.25) is 0 Å². The normalized spacial score (nSPS) is 14.3. The first-order valence-corrected chi connectivity index (χ1v) is 7.52. The maximum Gasteiger partial charge on any atom is 0.270 e. The standard InChI is InChI=1S/C17H15FN4O2/c18-14-1-3-15(4-2-14)20-7-9-21(10-8-20)17-6-5-16(22(23)24)11-13(17)12-19/h1-6,11H,7-10H2. The van der Waals surface area contributed by atoms with Gasteiger partial charge in [0.25, 0.3) is 5.69 Å². The van der Waals surface area contributed by atoms with Gasteiger partial charge in [0.1, 0.15) is 11.9 Å². The van der Waals surface area contributed by atoms with Gasteiger partial charge in [-0.25, -0.2) is 4.39 Å². The highest BCUT2D eigenvalue weighted by molar-refractivity contribution is 5.64. The quantitative estimate of drug-likeness (QED) is 0.640. The summed E-state index contributed by atoms with van der Waals surface area (Å²) in [4.78, 5) is 14.5. The highest BCUT2D eigenvalue weighted by atomic mass is 19.1. The molecule has 0 radical (unpaired) electrons. The lowest BCUT2D eigenvalue weighted by Crippen LogP contribution is -2.46. The lowest BCUT2D eigenvalue weighted by molar-refractivity contribution is -0.384. The molecule has 0 bridgehead atoms. The molecule has 0 aliphatic carbocycles. The van der Waals surface area contributed by atoms with Crippen molar-refractivity contribution in [2.45, 2.75) is 0 Å². The van der Waals surface area contributed by atoms with Crippen LogP contribution in [-0.4, -0.2) is 31.1 Å². The van der Waals surface area contributed by atoms with E-state index in [-0.39, 0.29) is 11.5 Å². The van der Waals surface area contributed by atoms with Crippen LogP contribution in [0.5, 0.6) is 0 Å². The highest BCUT2D eigenvalue weighted by Crippen LogP contribution is 2.27. The summed E-state index contributed by atoms with van der Waals surface area (Å²) >= 11 is 0. The number of nitro benzene ring substituents is 1. The Balaban J connectivity index is 1.74. The van der Waals surface area contributed by atoms with Crippen LogP contribution in [0.15, 0.2) is 42.5 Å². The van der Waals surface area contributed by atoms with Gasteiger partial charge in [-0.3, -0.25) is 10.1 Å². The van der Waals surface area contributed by atoms with Gasteiger partial charge in [0, 0.05) is 44.0 Å². The van der Waals surface area contributed by atoms with Gasteiger partial charge in [-0.15, -0.1) is 0 Å². The van der Waals surface area contributed by atoms with Crippen LogP contribution in [0.1, 0.15) is 5.56 Å². The molecule has 2 aromatic carbocycles. The first-order valence-electron chi connectivity index (χ1n) is 7.52. The van der Waals surface area contributed by atoms with Crippen molar-refractivity contribution in [2.24, 2.45) is 0 Å². The van der Waals surface area contributed by atoms with E-state index in [4.69, 9.17) is 0 Å². The van der Waals surface area contributed by atoms with E-state index in [9.17, 15) is 19.8 Å². The predicted octanol–water partition coefficient (Wildman–Crippen LogP) is 2.93. The lowest BCUT2D eigenvalue weighted by Gasteiger charge is -2.37. The van der Waals surface area contributed by atoms with Crippen LogP contribution in [0.4, 0.5) is 21.5 Å². The average molecular weight is 326 g/mol. The van der Waals surface area contributed by atoms with Crippen molar-refractivity contribution < 1.29 is 9.31 Å². The molecule has 0 saturated carbocycles. The number of nitro groups is 1. The summed E-state index contributed by atoms with van der Waals surface area (Å²) < 4.78 is 13.0. The van der Waals surface area contributed by atoms with E-state index in [0.717, 1.165) is 18.8 Å². The van der Waals surface area contributed by atoms with Gasteiger partial charge in [-0.2, -0.15) is 5.26 Å². The first-order chi connectivity index (χ1) is 11.6. The lowest BCUT2D eigenvalue weighted by atomic mass is 10.1. The molecule has 1 aliphatic heterocycles. The third kappa shape index (κ3) is 3.13. The molecule has 0 N–H and O–H groups in total. The Labute approximate surface area is 138 Å². The Kier molecular flexibility index (Phi) is 4.29. The molecule has 24 heavy (non-hydrogen) atoms. The Hall–Kier alpha value is -3.14. The molecule has 0 unspecified atom stereocenters. The number of non-ortho nitro benzene ring substituents is 1. The molecular formula is C17H15FN4O2. The van der Waals surface area contributed by atoms with Crippen molar-refractivity contribution in [1.29, 1.82) is 5.26 Å². The molecule has 1 fully saturated rings. The average Bonchev–Trinajstić information content (AvgIpc) is 2.62. The molecule has 7 heteroatoms. The number of nitrogens with zero attached hydrogens (tertiary/aromatic N) is 4. The molecule has 3 rings (SSSR count). The highest BCUT2D eigenvalue weighted by Gasteiger charge is 2.21. The van der Waals surface area contributed by atoms with Crippen molar-refractivity contribution in [2.75, 3.05) is 36.0 Å². The second-order valence-electron chi connectivity index (χ2n) is 5.52. The molecule has 2 aromatic rings. The van der Waals surface area contributed by atoms with E-state index in [0.29, 0.717) is 24.3 Å². The van der Waals surface area contributed by atoms with Gasteiger partial charge in [-0.1, -0.05) is 0 Å². The Bertz CT molecular complexity index is 793. The van der Waals surface area contributed by atoms with E-state index >= 15 is 0 Å². The summed E-state index contributed by atoms with van der Waals surface area (Å²) in [5, 5.41) is 20.1. The van der Waals surface area contributed by atoms with Crippen molar-refractivity contribution in [3.63, 3.8) is 0 Å². The van der Waals surface area contributed by atoms with Crippen molar-refractivity contribution >= 4 is 17.1 Å². The minimum Gasteiger partial charge on any atom is -0.368 e. The van der Waals surface area contributed by atoms with E-state index in [1.807, 2.05) is 11.0 Å². The van der Waals surface area contributed by atoms with Crippen molar-refractivity contribution in [3.05, 3.63) is 64.0 Å². The zero-order valence-electron chi connectivity index (χ0n) is 12.9. The fourth-order valence-corrected chi connectivity index (χ4v) is 2.86. The summed E-state index contributed by atoms with van der Waals surface area (Å²) in [5.41, 5.74) is 1.89. The SMILES string of the molecule is N#Cc1cc([N+](=O)[O-])ccc1N1CCN(c2ccc(F)cc2)CC1. The summed E-state index contributed by atoms with van der Waals surface area (Å²) in [6.07, 6.45) is 0. The predicted molar refractivity (Wildman–Crippen MR) is 88.6 cm³/mol. The zero-order chi connectivity index (χ0) is 17.1. The second kappa shape index (κ2) is 6.54. The number of rotatable bonds is 3. The van der Waals surface area contributed by atoms with Crippen LogP contribution in [0.25, 0.3) is 0 Å².